The molecule has 0 heterocycles. The maximum Gasteiger partial charge on any atom is 0.337 e. The summed E-state index contributed by atoms with van der Waals surface area (Å²) in [5.74, 6) is 0.389. The lowest BCUT2D eigenvalue weighted by Crippen LogP contribution is -2.06. The number of hydrogen-bond acceptors (Lipinski definition) is 5. The lowest BCUT2D eigenvalue weighted by atomic mass is 10.0. The number of ether oxygens (including phenoxy) is 1. The average molecular weight is 404 g/mol. The van der Waals surface area contributed by atoms with E-state index < -0.39 is 0 Å². The number of carbonyl (C=O) groups excluding carboxylic acids is 1. The molecule has 29 heavy (non-hydrogen) atoms. The molecular weight excluding hydrogens is 382 g/mol. The molecular formula is C23H21N3O2S. The molecule has 0 fully saturated rings. The third-order valence-electron chi connectivity index (χ3n) is 4.10. The van der Waals surface area contributed by atoms with Crippen molar-refractivity contribution >= 4 is 29.1 Å². The molecule has 0 saturated carbocycles. The van der Waals surface area contributed by atoms with Crippen LogP contribution in [0.1, 0.15) is 21.5 Å². The summed E-state index contributed by atoms with van der Waals surface area (Å²) in [6, 6.07) is 25.2. The zero-order valence-corrected chi connectivity index (χ0v) is 16.8. The van der Waals surface area contributed by atoms with Crippen LogP contribution >= 0.6 is 11.8 Å². The van der Waals surface area contributed by atoms with Crippen molar-refractivity contribution in [3.63, 3.8) is 0 Å². The van der Waals surface area contributed by atoms with Crippen molar-refractivity contribution in [2.45, 2.75) is 5.75 Å². The summed E-state index contributed by atoms with van der Waals surface area (Å²) in [6.07, 6.45) is 1.66. The first-order valence-electron chi connectivity index (χ1n) is 8.98. The van der Waals surface area contributed by atoms with Gasteiger partial charge in [0, 0.05) is 5.75 Å². The second kappa shape index (κ2) is 10.2. The fourth-order valence-corrected chi connectivity index (χ4v) is 3.27. The number of thioether (sulfide) groups is 1. The number of methoxy groups -OCH3 is 1. The first kappa shape index (κ1) is 20.4. The van der Waals surface area contributed by atoms with E-state index in [-0.39, 0.29) is 5.97 Å². The third-order valence-corrected chi connectivity index (χ3v) is 4.95. The molecule has 6 heteroatoms. The highest BCUT2D eigenvalue weighted by Crippen LogP contribution is 2.21. The standard InChI is InChI=1S/C23H21N3O2S/c1-28-22(27)21-12-6-11-20(14-21)19-10-5-9-18(13-19)15-25-26-23(24)29-16-17-7-3-2-4-8-17/h2-15H,16H2,1H3,(H2,24,26). The molecule has 146 valence electrons. The van der Waals surface area contributed by atoms with Gasteiger partial charge in [0.2, 0.25) is 0 Å². The van der Waals surface area contributed by atoms with Crippen LogP contribution in [0.5, 0.6) is 0 Å². The zero-order valence-electron chi connectivity index (χ0n) is 16.0. The normalized spacial score (nSPS) is 11.6. The van der Waals surface area contributed by atoms with E-state index >= 15 is 0 Å². The van der Waals surface area contributed by atoms with Crippen LogP contribution in [0.4, 0.5) is 0 Å². The summed E-state index contributed by atoms with van der Waals surface area (Å²) in [5.41, 5.74) is 10.4. The zero-order chi connectivity index (χ0) is 20.5. The second-order valence-electron chi connectivity index (χ2n) is 6.15. The van der Waals surface area contributed by atoms with Crippen LogP contribution in [0.15, 0.2) is 89.1 Å². The molecule has 5 nitrogen and oxygen atoms in total. The van der Waals surface area contributed by atoms with Gasteiger partial charge in [0.1, 0.15) is 0 Å². The molecule has 3 rings (SSSR count). The van der Waals surface area contributed by atoms with E-state index in [1.54, 1.807) is 18.3 Å². The molecule has 3 aromatic carbocycles. The van der Waals surface area contributed by atoms with Gasteiger partial charge in [0.25, 0.3) is 0 Å². The quantitative estimate of drug-likeness (QED) is 0.280. The fourth-order valence-electron chi connectivity index (χ4n) is 2.65. The van der Waals surface area contributed by atoms with Gasteiger partial charge in [-0.15, -0.1) is 5.10 Å². The number of esters is 1. The molecule has 3 aromatic rings. The minimum atomic E-state index is -0.359. The van der Waals surface area contributed by atoms with Crippen LogP contribution in [0.2, 0.25) is 0 Å². The Hall–Kier alpha value is -3.38. The molecule has 0 aromatic heterocycles. The van der Waals surface area contributed by atoms with Gasteiger partial charge in [0.05, 0.1) is 18.9 Å². The molecule has 0 saturated heterocycles. The van der Waals surface area contributed by atoms with Gasteiger partial charge in [-0.3, -0.25) is 0 Å². The topological polar surface area (TPSA) is 77.0 Å². The lowest BCUT2D eigenvalue weighted by molar-refractivity contribution is 0.0601. The molecule has 0 radical (unpaired) electrons. The first-order chi connectivity index (χ1) is 14.2. The molecule has 0 bridgehead atoms. The van der Waals surface area contributed by atoms with E-state index in [4.69, 9.17) is 10.5 Å². The minimum Gasteiger partial charge on any atom is -0.465 e. The van der Waals surface area contributed by atoms with Crippen molar-refractivity contribution in [3.8, 4) is 11.1 Å². The van der Waals surface area contributed by atoms with Gasteiger partial charge < -0.3 is 10.5 Å². The van der Waals surface area contributed by atoms with E-state index in [2.05, 4.69) is 10.2 Å². The van der Waals surface area contributed by atoms with Crippen molar-refractivity contribution in [2.75, 3.05) is 7.11 Å². The molecule has 0 spiro atoms. The van der Waals surface area contributed by atoms with Crippen molar-refractivity contribution in [2.24, 2.45) is 15.9 Å². The molecule has 0 aliphatic rings. The Bertz CT molecular complexity index is 1030. The summed E-state index contributed by atoms with van der Waals surface area (Å²) in [5, 5.41) is 8.55. The van der Waals surface area contributed by atoms with Gasteiger partial charge in [-0.05, 0) is 40.5 Å². The van der Waals surface area contributed by atoms with Crippen LogP contribution < -0.4 is 5.73 Å². The number of hydrogen-bond donors (Lipinski definition) is 1. The Morgan fingerprint density at radius 2 is 1.72 bits per heavy atom. The Morgan fingerprint density at radius 3 is 2.48 bits per heavy atom. The first-order valence-corrected chi connectivity index (χ1v) is 9.96. The number of rotatable bonds is 6. The van der Waals surface area contributed by atoms with Crippen LogP contribution in [0.3, 0.4) is 0 Å². The van der Waals surface area contributed by atoms with E-state index in [1.807, 2.05) is 66.7 Å². The highest BCUT2D eigenvalue weighted by Gasteiger charge is 2.07. The maximum absolute atomic E-state index is 11.7. The molecule has 0 atom stereocenters. The Kier molecular flexibility index (Phi) is 7.19. The van der Waals surface area contributed by atoms with Gasteiger partial charge >= 0.3 is 5.97 Å². The summed E-state index contributed by atoms with van der Waals surface area (Å²) in [7, 11) is 1.37. The van der Waals surface area contributed by atoms with Gasteiger partial charge in [-0.2, -0.15) is 5.10 Å². The molecule has 2 N–H and O–H groups in total. The molecule has 0 amide bonds. The molecule has 0 unspecified atom stereocenters. The average Bonchev–Trinajstić information content (AvgIpc) is 2.78. The lowest BCUT2D eigenvalue weighted by Gasteiger charge is -2.05. The van der Waals surface area contributed by atoms with Gasteiger partial charge in [-0.1, -0.05) is 72.4 Å². The van der Waals surface area contributed by atoms with Crippen LogP contribution in [0, 0.1) is 0 Å². The van der Waals surface area contributed by atoms with Gasteiger partial charge in [0.15, 0.2) is 5.17 Å². The number of nitrogens with two attached hydrogens (primary N) is 1. The fraction of sp³-hybridized carbons (Fsp3) is 0.0870. The largest absolute Gasteiger partial charge is 0.465 e. The van der Waals surface area contributed by atoms with Crippen molar-refractivity contribution in [1.29, 1.82) is 0 Å². The van der Waals surface area contributed by atoms with Gasteiger partial charge in [-0.25, -0.2) is 4.79 Å². The van der Waals surface area contributed by atoms with E-state index in [1.165, 1.54) is 24.4 Å². The summed E-state index contributed by atoms with van der Waals surface area (Å²) >= 11 is 1.44. The summed E-state index contributed by atoms with van der Waals surface area (Å²) in [4.78, 5) is 11.7. The number of benzene rings is 3. The van der Waals surface area contributed by atoms with E-state index in [0.717, 1.165) is 22.4 Å². The molecule has 0 aliphatic carbocycles. The predicted octanol–water partition coefficient (Wildman–Crippen LogP) is 4.72. The van der Waals surface area contributed by atoms with Crippen LogP contribution in [0.25, 0.3) is 11.1 Å². The SMILES string of the molecule is COC(=O)c1cccc(-c2cccc(C=NN=C(N)SCc3ccccc3)c2)c1. The van der Waals surface area contributed by atoms with E-state index in [0.29, 0.717) is 10.7 Å². The Morgan fingerprint density at radius 1 is 1.00 bits per heavy atom. The maximum atomic E-state index is 11.7. The minimum absolute atomic E-state index is 0.359. The number of amidine groups is 1. The summed E-state index contributed by atoms with van der Waals surface area (Å²) in [6.45, 7) is 0. The Balaban J connectivity index is 1.67. The Labute approximate surface area is 174 Å². The molecule has 0 aliphatic heterocycles. The van der Waals surface area contributed by atoms with Crippen molar-refractivity contribution in [3.05, 3.63) is 95.6 Å². The number of carbonyl (C=O) groups is 1. The second-order valence-corrected chi connectivity index (χ2v) is 7.15. The monoisotopic (exact) mass is 403 g/mol. The smallest absolute Gasteiger partial charge is 0.337 e. The number of nitrogens with zero attached hydrogens (tertiary/aromatic N) is 2. The van der Waals surface area contributed by atoms with E-state index in [9.17, 15) is 4.79 Å². The predicted molar refractivity (Wildman–Crippen MR) is 120 cm³/mol. The highest BCUT2D eigenvalue weighted by atomic mass is 32.2. The van der Waals surface area contributed by atoms with Crippen LogP contribution in [-0.2, 0) is 10.5 Å². The van der Waals surface area contributed by atoms with Crippen molar-refractivity contribution < 1.29 is 9.53 Å². The third kappa shape index (κ3) is 6.05. The van der Waals surface area contributed by atoms with Crippen molar-refractivity contribution in [1.82, 2.24) is 0 Å². The van der Waals surface area contributed by atoms with Crippen LogP contribution in [-0.4, -0.2) is 24.5 Å². The highest BCUT2D eigenvalue weighted by molar-refractivity contribution is 8.13. The summed E-state index contributed by atoms with van der Waals surface area (Å²) < 4.78 is 4.79.